The minimum Gasteiger partial charge on any atom is -0.493 e. The van der Waals surface area contributed by atoms with E-state index in [-0.39, 0.29) is 23.8 Å². The van der Waals surface area contributed by atoms with Crippen LogP contribution in [0.4, 0.5) is 0 Å². The van der Waals surface area contributed by atoms with Gasteiger partial charge in [-0.05, 0) is 55.9 Å². The molecule has 7 heteroatoms. The fourth-order valence-electron chi connectivity index (χ4n) is 4.84. The lowest BCUT2D eigenvalue weighted by atomic mass is 9.78. The minimum absolute atomic E-state index is 0.0354. The van der Waals surface area contributed by atoms with Gasteiger partial charge in [-0.3, -0.25) is 4.79 Å². The number of rotatable bonds is 7. The van der Waals surface area contributed by atoms with E-state index in [4.69, 9.17) is 19.9 Å². The number of nitrogens with zero attached hydrogens (tertiary/aromatic N) is 1. The van der Waals surface area contributed by atoms with E-state index in [1.807, 2.05) is 54.3 Å². The van der Waals surface area contributed by atoms with Gasteiger partial charge in [0.15, 0.2) is 11.5 Å². The summed E-state index contributed by atoms with van der Waals surface area (Å²) in [6.45, 7) is 3.99. The summed E-state index contributed by atoms with van der Waals surface area (Å²) in [5, 5.41) is 10.8. The summed E-state index contributed by atoms with van der Waals surface area (Å²) in [6.07, 6.45) is 0.389. The highest BCUT2D eigenvalue weighted by Gasteiger charge is 2.44. The van der Waals surface area contributed by atoms with Gasteiger partial charge in [-0.15, -0.1) is 0 Å². The van der Waals surface area contributed by atoms with Crippen LogP contribution >= 0.6 is 0 Å². The average molecular weight is 441 g/mol. The highest BCUT2D eigenvalue weighted by molar-refractivity contribution is 5.97. The molecule has 2 fully saturated rings. The third kappa shape index (κ3) is 4.69. The lowest BCUT2D eigenvalue weighted by Gasteiger charge is -2.35. The molecule has 1 amide bonds. The van der Waals surface area contributed by atoms with Gasteiger partial charge in [0.25, 0.3) is 5.91 Å². The molecule has 0 radical (unpaired) electrons. The first-order valence-electron chi connectivity index (χ1n) is 11.2. The topological polar surface area (TPSA) is 94.2 Å². The number of hydrogen-bond donors (Lipinski definition) is 2. The molecular weight excluding hydrogens is 408 g/mol. The lowest BCUT2D eigenvalue weighted by molar-refractivity contribution is -0.0240. The van der Waals surface area contributed by atoms with Crippen LogP contribution in [0.2, 0.25) is 0 Å². The molecule has 0 aromatic heterocycles. The van der Waals surface area contributed by atoms with Crippen molar-refractivity contribution in [3.63, 3.8) is 0 Å². The maximum atomic E-state index is 13.4. The van der Waals surface area contributed by atoms with Crippen molar-refractivity contribution in [1.82, 2.24) is 4.90 Å². The van der Waals surface area contributed by atoms with Gasteiger partial charge < -0.3 is 30.0 Å². The van der Waals surface area contributed by atoms with E-state index in [2.05, 4.69) is 0 Å². The summed E-state index contributed by atoms with van der Waals surface area (Å²) in [7, 11) is 1.60. The molecule has 4 rings (SSSR count). The van der Waals surface area contributed by atoms with Crippen molar-refractivity contribution in [3.05, 3.63) is 53.6 Å². The lowest BCUT2D eigenvalue weighted by Crippen LogP contribution is -2.42. The highest BCUT2D eigenvalue weighted by atomic mass is 16.5. The summed E-state index contributed by atoms with van der Waals surface area (Å²) in [5.74, 6) is 2.34. The second-order valence-electron chi connectivity index (χ2n) is 8.71. The van der Waals surface area contributed by atoms with Crippen LogP contribution in [-0.2, 0) is 0 Å². The van der Waals surface area contributed by atoms with E-state index >= 15 is 0 Å². The summed E-state index contributed by atoms with van der Waals surface area (Å²) in [5.41, 5.74) is 7.14. The van der Waals surface area contributed by atoms with Crippen molar-refractivity contribution in [2.24, 2.45) is 17.6 Å². The number of carbonyl (C=O) groups is 1. The SMILES string of the molecule is COc1ccccc1O[C@@H]1C[C@@H]2CN(C(=O)c3cc(C)ccc3OCCN)C[C@@H]2C[C@H]1O. The normalized spacial score (nSPS) is 24.7. The monoisotopic (exact) mass is 440 g/mol. The molecule has 1 saturated carbocycles. The van der Waals surface area contributed by atoms with Crippen molar-refractivity contribution in [1.29, 1.82) is 0 Å². The minimum atomic E-state index is -0.585. The number of fused-ring (bicyclic) bond motifs is 1. The number of amides is 1. The predicted octanol–water partition coefficient (Wildman–Crippen LogP) is 2.63. The number of aryl methyl sites for hydroxylation is 1. The molecule has 1 saturated heterocycles. The maximum Gasteiger partial charge on any atom is 0.257 e. The molecule has 0 bridgehead atoms. The van der Waals surface area contributed by atoms with Gasteiger partial charge in [-0.25, -0.2) is 0 Å². The highest BCUT2D eigenvalue weighted by Crippen LogP contribution is 2.40. The number of aliphatic hydroxyl groups is 1. The molecule has 0 spiro atoms. The van der Waals surface area contributed by atoms with Crippen molar-refractivity contribution in [2.75, 3.05) is 33.4 Å². The summed E-state index contributed by atoms with van der Waals surface area (Å²) >= 11 is 0. The average Bonchev–Trinajstić information content (AvgIpc) is 3.21. The first-order valence-corrected chi connectivity index (χ1v) is 11.2. The van der Waals surface area contributed by atoms with Crippen LogP contribution in [0.3, 0.4) is 0 Å². The number of methoxy groups -OCH3 is 1. The Morgan fingerprint density at radius 1 is 1.09 bits per heavy atom. The molecule has 4 atom stereocenters. The first kappa shape index (κ1) is 22.4. The quantitative estimate of drug-likeness (QED) is 0.687. The molecule has 2 aromatic carbocycles. The Bertz CT molecular complexity index is 950. The number of nitrogens with two attached hydrogens (primary N) is 1. The number of carbonyl (C=O) groups excluding carboxylic acids is 1. The van der Waals surface area contributed by atoms with Gasteiger partial charge in [0.2, 0.25) is 0 Å². The smallest absolute Gasteiger partial charge is 0.257 e. The van der Waals surface area contributed by atoms with Crippen molar-refractivity contribution >= 4 is 5.91 Å². The van der Waals surface area contributed by atoms with E-state index in [1.165, 1.54) is 0 Å². The molecule has 172 valence electrons. The molecule has 2 aliphatic rings. The van der Waals surface area contributed by atoms with E-state index in [0.29, 0.717) is 61.9 Å². The third-order valence-corrected chi connectivity index (χ3v) is 6.46. The van der Waals surface area contributed by atoms with Gasteiger partial charge in [-0.1, -0.05) is 23.8 Å². The Kier molecular flexibility index (Phi) is 6.86. The summed E-state index contributed by atoms with van der Waals surface area (Å²) in [6, 6.07) is 13.1. The molecule has 1 heterocycles. The molecule has 32 heavy (non-hydrogen) atoms. The Labute approximate surface area is 189 Å². The molecule has 7 nitrogen and oxygen atoms in total. The number of aliphatic hydroxyl groups excluding tert-OH is 1. The molecule has 3 N–H and O–H groups in total. The zero-order valence-corrected chi connectivity index (χ0v) is 18.7. The molecule has 1 aliphatic heterocycles. The number of ether oxygens (including phenoxy) is 3. The van der Waals surface area contributed by atoms with Crippen LogP contribution in [0.5, 0.6) is 17.2 Å². The van der Waals surface area contributed by atoms with Gasteiger partial charge in [0, 0.05) is 19.6 Å². The van der Waals surface area contributed by atoms with Gasteiger partial charge >= 0.3 is 0 Å². The number of likely N-dealkylation sites (tertiary alicyclic amines) is 1. The molecular formula is C25H32N2O5. The van der Waals surface area contributed by atoms with Gasteiger partial charge in [0.1, 0.15) is 18.5 Å². The molecule has 1 aliphatic carbocycles. The van der Waals surface area contributed by atoms with Crippen LogP contribution in [-0.4, -0.2) is 61.5 Å². The zero-order valence-electron chi connectivity index (χ0n) is 18.7. The van der Waals surface area contributed by atoms with E-state index in [9.17, 15) is 9.90 Å². The Morgan fingerprint density at radius 3 is 2.53 bits per heavy atom. The summed E-state index contributed by atoms with van der Waals surface area (Å²) < 4.78 is 17.2. The van der Waals surface area contributed by atoms with Crippen molar-refractivity contribution in [2.45, 2.75) is 32.0 Å². The van der Waals surface area contributed by atoms with E-state index in [0.717, 1.165) is 5.56 Å². The molecule has 2 aromatic rings. The predicted molar refractivity (Wildman–Crippen MR) is 121 cm³/mol. The second-order valence-corrected chi connectivity index (χ2v) is 8.71. The van der Waals surface area contributed by atoms with Crippen LogP contribution in [0, 0.1) is 18.8 Å². The largest absolute Gasteiger partial charge is 0.493 e. The number of hydrogen-bond acceptors (Lipinski definition) is 6. The van der Waals surface area contributed by atoms with Crippen LogP contribution in [0.1, 0.15) is 28.8 Å². The van der Waals surface area contributed by atoms with Crippen LogP contribution < -0.4 is 19.9 Å². The van der Waals surface area contributed by atoms with Crippen LogP contribution in [0.15, 0.2) is 42.5 Å². The fourth-order valence-corrected chi connectivity index (χ4v) is 4.84. The van der Waals surface area contributed by atoms with Crippen molar-refractivity contribution < 1.29 is 24.1 Å². The number of benzene rings is 2. The standard InChI is InChI=1S/C25H32N2O5/c1-16-7-8-21(31-10-9-26)19(11-16)25(29)27-14-17-12-20(28)24(13-18(17)15-27)32-23-6-4-3-5-22(23)30-2/h3-8,11,17-18,20,24,28H,9-10,12-15,26H2,1-2H3/t17-,18+,20+,24+/m0/s1. The second kappa shape index (κ2) is 9.79. The van der Waals surface area contributed by atoms with Crippen LogP contribution in [0.25, 0.3) is 0 Å². The zero-order chi connectivity index (χ0) is 22.7. The van der Waals surface area contributed by atoms with Crippen molar-refractivity contribution in [3.8, 4) is 17.2 Å². The van der Waals surface area contributed by atoms with E-state index in [1.54, 1.807) is 7.11 Å². The number of para-hydroxylation sites is 2. The fraction of sp³-hybridized carbons (Fsp3) is 0.480. The third-order valence-electron chi connectivity index (χ3n) is 6.46. The Balaban J connectivity index is 1.46. The Hall–Kier alpha value is -2.77. The Morgan fingerprint density at radius 2 is 1.81 bits per heavy atom. The van der Waals surface area contributed by atoms with Gasteiger partial charge in [-0.2, -0.15) is 0 Å². The van der Waals surface area contributed by atoms with E-state index < -0.39 is 6.10 Å². The first-order chi connectivity index (χ1) is 15.5. The van der Waals surface area contributed by atoms with Gasteiger partial charge in [0.05, 0.1) is 18.8 Å². The maximum absolute atomic E-state index is 13.4. The molecule has 0 unspecified atom stereocenters. The summed E-state index contributed by atoms with van der Waals surface area (Å²) in [4.78, 5) is 15.3.